The number of ketones is 2. The number of aliphatic hydroxyl groups is 2. The first kappa shape index (κ1) is 75.3. The lowest BCUT2D eigenvalue weighted by Crippen LogP contribution is -2.43. The van der Waals surface area contributed by atoms with E-state index in [4.69, 9.17) is 61.9 Å². The largest absolute Gasteiger partial charge is 0.394 e. The second kappa shape index (κ2) is 65.1. The Hall–Kier alpha value is -1.74. The van der Waals surface area contributed by atoms with Gasteiger partial charge in [0.25, 0.3) is 0 Å². The number of rotatable bonds is 67. The molecule has 0 amide bonds. The van der Waals surface area contributed by atoms with Crippen molar-refractivity contribution >= 4 is 11.6 Å². The summed E-state index contributed by atoms with van der Waals surface area (Å²) in [4.78, 5) is 26.9. The molecule has 0 aromatic heterocycles. The minimum Gasteiger partial charge on any atom is -0.394 e. The molecule has 0 saturated heterocycles. The van der Waals surface area contributed by atoms with E-state index in [-0.39, 0.29) is 50.3 Å². The summed E-state index contributed by atoms with van der Waals surface area (Å²) >= 11 is 0. The molecular weight excluding hydrogens is 989 g/mol. The highest BCUT2D eigenvalue weighted by Crippen LogP contribution is 2.18. The zero-order valence-electron chi connectivity index (χ0n) is 49.3. The Morgan fingerprint density at radius 1 is 0.377 bits per heavy atom. The van der Waals surface area contributed by atoms with E-state index in [9.17, 15) is 14.7 Å². The predicted molar refractivity (Wildman–Crippen MR) is 306 cm³/mol. The average Bonchev–Trinajstić information content (AvgIpc) is 3.43. The number of aliphatic hydroxyl groups excluding tert-OH is 2. The van der Waals surface area contributed by atoms with Gasteiger partial charge < -0.3 is 67.1 Å². The molecular formula is C61H116O16. The van der Waals surface area contributed by atoms with Gasteiger partial charge in [-0.15, -0.1) is 0 Å². The number of carbonyl (C=O) groups excluding carboxylic acids is 2. The highest BCUT2D eigenvalue weighted by atomic mass is 16.6. The van der Waals surface area contributed by atoms with Crippen molar-refractivity contribution in [2.45, 2.75) is 206 Å². The first-order valence-electron chi connectivity index (χ1n) is 30.6. The molecule has 0 radical (unpaired) electrons. The van der Waals surface area contributed by atoms with Crippen molar-refractivity contribution in [3.8, 4) is 0 Å². The molecule has 3 atom stereocenters. The molecule has 0 bridgehead atoms. The molecule has 0 fully saturated rings. The van der Waals surface area contributed by atoms with E-state index in [1.54, 1.807) is 7.11 Å². The summed E-state index contributed by atoms with van der Waals surface area (Å²) < 4.78 is 66.5. The van der Waals surface area contributed by atoms with Gasteiger partial charge in [0.15, 0.2) is 11.6 Å². The van der Waals surface area contributed by atoms with Gasteiger partial charge >= 0.3 is 0 Å². The third kappa shape index (κ3) is 57.3. The van der Waals surface area contributed by atoms with Crippen molar-refractivity contribution in [3.05, 3.63) is 24.3 Å². The van der Waals surface area contributed by atoms with Crippen LogP contribution in [0, 0.1) is 0 Å². The molecule has 0 saturated carbocycles. The maximum atomic E-state index is 13.7. The monoisotopic (exact) mass is 1100 g/mol. The Bertz CT molecular complexity index is 1240. The van der Waals surface area contributed by atoms with Crippen LogP contribution in [0.1, 0.15) is 187 Å². The normalized spacial score (nSPS) is 13.2. The van der Waals surface area contributed by atoms with Crippen molar-refractivity contribution in [3.63, 3.8) is 0 Å². The first-order valence-corrected chi connectivity index (χ1v) is 30.6. The summed E-state index contributed by atoms with van der Waals surface area (Å²) in [5.41, 5.74) is 0. The van der Waals surface area contributed by atoms with Crippen molar-refractivity contribution < 1.29 is 76.6 Å². The molecule has 0 rings (SSSR count). The van der Waals surface area contributed by atoms with E-state index in [2.05, 4.69) is 38.2 Å². The van der Waals surface area contributed by atoms with Crippen LogP contribution in [0.15, 0.2) is 24.3 Å². The number of carbonyl (C=O) groups is 2. The van der Waals surface area contributed by atoms with Crippen molar-refractivity contribution in [1.82, 2.24) is 0 Å². The van der Waals surface area contributed by atoms with Gasteiger partial charge in [-0.2, -0.15) is 0 Å². The lowest BCUT2D eigenvalue weighted by molar-refractivity contribution is -0.151. The number of hydrogen-bond acceptors (Lipinski definition) is 16. The Morgan fingerprint density at radius 3 is 1.01 bits per heavy atom. The molecule has 16 heteroatoms. The molecule has 77 heavy (non-hydrogen) atoms. The molecule has 0 aliphatic carbocycles. The average molecular weight is 1110 g/mol. The summed E-state index contributed by atoms with van der Waals surface area (Å²) in [5.74, 6) is -0.678. The maximum Gasteiger partial charge on any atom is 0.167 e. The lowest BCUT2D eigenvalue weighted by Gasteiger charge is -2.24. The third-order valence-corrected chi connectivity index (χ3v) is 12.8. The number of Topliss-reactive ketones (excluding diaryl/α,β-unsaturated/α-hetero) is 2. The standard InChI is InChI=1S/C61H116O16/c1-4-6-8-10-12-14-16-18-19-21-23-25-27-29-31-33-58(63)60(65)61(59(64)56-57(66-3)32-30-28-26-24-22-20-17-15-13-11-9-7-5-2)77-55-54-76-53-52-75-51-50-74-49-48-73-47-46-72-45-44-71-43-42-70-41-40-69-39-38-68-37-36-67-35-34-62/h18-20,22,57,60-62,65H,4-17,21,23-56H2,1-3H3/b19-18-,22-20-. The minimum absolute atomic E-state index is 0.0141. The summed E-state index contributed by atoms with van der Waals surface area (Å²) in [6.07, 6.45) is 35.5. The van der Waals surface area contributed by atoms with Gasteiger partial charge in [0.1, 0.15) is 12.2 Å². The van der Waals surface area contributed by atoms with E-state index in [0.717, 1.165) is 70.6 Å². The Balaban J connectivity index is 4.31. The van der Waals surface area contributed by atoms with Gasteiger partial charge in [0.05, 0.1) is 151 Å². The zero-order chi connectivity index (χ0) is 55.8. The second-order valence-corrected chi connectivity index (χ2v) is 19.6. The number of hydrogen-bond donors (Lipinski definition) is 2. The van der Waals surface area contributed by atoms with Crippen LogP contribution in [0.4, 0.5) is 0 Å². The van der Waals surface area contributed by atoms with E-state index in [0.29, 0.717) is 132 Å². The van der Waals surface area contributed by atoms with Crippen LogP contribution in [0.2, 0.25) is 0 Å². The second-order valence-electron chi connectivity index (χ2n) is 19.6. The quantitative estimate of drug-likeness (QED) is 0.0432. The summed E-state index contributed by atoms with van der Waals surface area (Å²) in [7, 11) is 1.62. The highest BCUT2D eigenvalue weighted by Gasteiger charge is 2.33. The molecule has 0 heterocycles. The Kier molecular flexibility index (Phi) is 63.6. The Morgan fingerprint density at radius 2 is 0.675 bits per heavy atom. The first-order chi connectivity index (χ1) is 38.0. The van der Waals surface area contributed by atoms with Crippen molar-refractivity contribution in [1.29, 1.82) is 0 Å². The van der Waals surface area contributed by atoms with Crippen LogP contribution >= 0.6 is 0 Å². The Labute approximate surface area is 469 Å². The highest BCUT2D eigenvalue weighted by molar-refractivity contribution is 5.93. The zero-order valence-corrected chi connectivity index (χ0v) is 49.3. The number of methoxy groups -OCH3 is 1. The molecule has 2 N–H and O–H groups in total. The van der Waals surface area contributed by atoms with Gasteiger partial charge in [-0.05, 0) is 64.2 Å². The van der Waals surface area contributed by atoms with E-state index in [1.807, 2.05) is 0 Å². The fourth-order valence-electron chi connectivity index (χ4n) is 8.16. The van der Waals surface area contributed by atoms with Crippen molar-refractivity contribution in [2.24, 2.45) is 0 Å². The number of unbranched alkanes of at least 4 members (excludes halogenated alkanes) is 20. The van der Waals surface area contributed by atoms with E-state index < -0.39 is 12.2 Å². The number of ether oxygens (including phenoxy) is 12. The van der Waals surface area contributed by atoms with Crippen molar-refractivity contribution in [2.75, 3.05) is 152 Å². The molecule has 3 unspecified atom stereocenters. The smallest absolute Gasteiger partial charge is 0.167 e. The molecule has 16 nitrogen and oxygen atoms in total. The lowest BCUT2D eigenvalue weighted by atomic mass is 9.96. The molecule has 456 valence electrons. The van der Waals surface area contributed by atoms with E-state index in [1.165, 1.54) is 83.5 Å². The fourth-order valence-corrected chi connectivity index (χ4v) is 8.16. The predicted octanol–water partition coefficient (Wildman–Crippen LogP) is 10.7. The van der Waals surface area contributed by atoms with E-state index >= 15 is 0 Å². The molecule has 0 aliphatic heterocycles. The van der Waals surface area contributed by atoms with Crippen LogP contribution in [-0.4, -0.2) is 193 Å². The topological polar surface area (TPSA) is 185 Å². The van der Waals surface area contributed by atoms with Crippen LogP contribution in [0.5, 0.6) is 0 Å². The molecule has 0 aromatic rings. The summed E-state index contributed by atoms with van der Waals surface area (Å²) in [6, 6.07) is 0. The molecule has 0 aliphatic rings. The fraction of sp³-hybridized carbons (Fsp3) is 0.902. The number of allylic oxidation sites excluding steroid dienone is 4. The van der Waals surface area contributed by atoms with Gasteiger partial charge in [-0.3, -0.25) is 9.59 Å². The summed E-state index contributed by atoms with van der Waals surface area (Å²) in [6.45, 7) is 13.2. The minimum atomic E-state index is -1.53. The van der Waals surface area contributed by atoms with Gasteiger partial charge in [-0.25, -0.2) is 0 Å². The van der Waals surface area contributed by atoms with Crippen LogP contribution in [-0.2, 0) is 66.4 Å². The van der Waals surface area contributed by atoms with Gasteiger partial charge in [0, 0.05) is 20.0 Å². The van der Waals surface area contributed by atoms with Gasteiger partial charge in [-0.1, -0.05) is 134 Å². The maximum absolute atomic E-state index is 13.7. The molecule has 0 spiro atoms. The van der Waals surface area contributed by atoms with Gasteiger partial charge in [0.2, 0.25) is 0 Å². The summed E-state index contributed by atoms with van der Waals surface area (Å²) in [5, 5.41) is 19.8. The van der Waals surface area contributed by atoms with Crippen LogP contribution in [0.3, 0.4) is 0 Å². The molecule has 0 aromatic carbocycles. The third-order valence-electron chi connectivity index (χ3n) is 12.8. The SMILES string of the molecule is CCCCCCCC/C=C\CCCCCCCC(=O)C(O)C(OCCOCCOCCOCCOCCOCCOCCOCCOCCOCCOCCO)C(=O)CC(CCCCC/C=C\CCCCCCCC)OC. The van der Waals surface area contributed by atoms with Crippen LogP contribution < -0.4 is 0 Å². The van der Waals surface area contributed by atoms with Crippen LogP contribution in [0.25, 0.3) is 0 Å².